The molecule has 0 saturated carbocycles. The molecule has 1 atom stereocenters. The second-order valence-electron chi connectivity index (χ2n) is 8.06. The zero-order valence-electron chi connectivity index (χ0n) is 18.6. The summed E-state index contributed by atoms with van der Waals surface area (Å²) in [6.45, 7) is 9.03. The van der Waals surface area contributed by atoms with Gasteiger partial charge in [0.25, 0.3) is 5.56 Å². The van der Waals surface area contributed by atoms with Gasteiger partial charge in [0.1, 0.15) is 5.75 Å². The number of nitrogens with one attached hydrogen (secondary N) is 1. The predicted molar refractivity (Wildman–Crippen MR) is 127 cm³/mol. The molecule has 0 bridgehead atoms. The molecule has 1 N–H and O–H groups in total. The van der Waals surface area contributed by atoms with Crippen molar-refractivity contribution in [2.45, 2.75) is 18.9 Å². The molecule has 0 radical (unpaired) electrons. The Labute approximate surface area is 188 Å². The van der Waals surface area contributed by atoms with E-state index >= 15 is 0 Å². The molecule has 7 heteroatoms. The predicted octanol–water partition coefficient (Wildman–Crippen LogP) is 3.86. The minimum atomic E-state index is -0.115. The first-order valence-electron chi connectivity index (χ1n) is 10.7. The van der Waals surface area contributed by atoms with Crippen molar-refractivity contribution in [1.82, 2.24) is 14.9 Å². The summed E-state index contributed by atoms with van der Waals surface area (Å²) < 4.78 is 6.89. The van der Waals surface area contributed by atoms with Crippen LogP contribution in [0.3, 0.4) is 0 Å². The fourth-order valence-electron chi connectivity index (χ4n) is 4.18. The van der Waals surface area contributed by atoms with Crippen LogP contribution in [-0.4, -0.2) is 42.8 Å². The number of benzene rings is 2. The standard InChI is InChI=1S/C25H27N5O2/c1-26-19-11-7-18(8-12-19)23-22(17-9-13-21(32-4)14-10-17)24(31)30(3)25(28-23)29(2)16-20-6-5-15-27-20/h7-14,20,27H,5-6,15-16H2,2-4H3. The first-order chi connectivity index (χ1) is 15.5. The van der Waals surface area contributed by atoms with Crippen LogP contribution >= 0.6 is 0 Å². The van der Waals surface area contributed by atoms with Gasteiger partial charge in [-0.3, -0.25) is 9.36 Å². The Kier molecular flexibility index (Phi) is 6.24. The van der Waals surface area contributed by atoms with E-state index in [2.05, 4.69) is 10.2 Å². The van der Waals surface area contributed by atoms with Crippen molar-refractivity contribution in [3.63, 3.8) is 0 Å². The lowest BCUT2D eigenvalue weighted by molar-refractivity contribution is 0.415. The summed E-state index contributed by atoms with van der Waals surface area (Å²) in [5, 5.41) is 3.50. The van der Waals surface area contributed by atoms with Gasteiger partial charge in [-0.25, -0.2) is 9.83 Å². The van der Waals surface area contributed by atoms with Gasteiger partial charge in [0, 0.05) is 26.7 Å². The smallest absolute Gasteiger partial charge is 0.263 e. The molecule has 7 nitrogen and oxygen atoms in total. The summed E-state index contributed by atoms with van der Waals surface area (Å²) in [7, 11) is 5.35. The quantitative estimate of drug-likeness (QED) is 0.603. The van der Waals surface area contributed by atoms with Gasteiger partial charge in [-0.2, -0.15) is 0 Å². The lowest BCUT2D eigenvalue weighted by Crippen LogP contribution is -2.38. The fraction of sp³-hybridized carbons (Fsp3) is 0.320. The lowest BCUT2D eigenvalue weighted by Gasteiger charge is -2.25. The minimum absolute atomic E-state index is 0.115. The summed E-state index contributed by atoms with van der Waals surface area (Å²) in [5.74, 6) is 1.34. The Balaban J connectivity index is 1.86. The SMILES string of the molecule is [C-]#[N+]c1ccc(-c2nc(N(C)CC3CCCN3)n(C)c(=O)c2-c2ccc(OC)cc2)cc1. The van der Waals surface area contributed by atoms with Crippen LogP contribution in [-0.2, 0) is 7.05 Å². The van der Waals surface area contributed by atoms with Crippen LogP contribution in [0.1, 0.15) is 12.8 Å². The molecule has 164 valence electrons. The van der Waals surface area contributed by atoms with E-state index < -0.39 is 0 Å². The van der Waals surface area contributed by atoms with Gasteiger partial charge >= 0.3 is 0 Å². The zero-order chi connectivity index (χ0) is 22.7. The lowest BCUT2D eigenvalue weighted by atomic mass is 10.00. The normalized spacial score (nSPS) is 15.4. The number of likely N-dealkylation sites (N-methyl/N-ethyl adjacent to an activating group) is 1. The molecule has 0 spiro atoms. The number of methoxy groups -OCH3 is 1. The van der Waals surface area contributed by atoms with Crippen LogP contribution in [0.25, 0.3) is 27.2 Å². The van der Waals surface area contributed by atoms with E-state index in [9.17, 15) is 4.79 Å². The van der Waals surface area contributed by atoms with Crippen molar-refractivity contribution in [2.24, 2.45) is 7.05 Å². The molecule has 0 amide bonds. The number of anilines is 1. The van der Waals surface area contributed by atoms with Crippen LogP contribution in [0.15, 0.2) is 53.3 Å². The maximum absolute atomic E-state index is 13.6. The monoisotopic (exact) mass is 429 g/mol. The zero-order valence-corrected chi connectivity index (χ0v) is 18.6. The highest BCUT2D eigenvalue weighted by molar-refractivity contribution is 5.81. The number of nitrogens with zero attached hydrogens (tertiary/aromatic N) is 4. The third kappa shape index (κ3) is 4.23. The number of ether oxygens (including phenoxy) is 1. The van der Waals surface area contributed by atoms with Crippen molar-refractivity contribution < 1.29 is 4.74 Å². The summed E-state index contributed by atoms with van der Waals surface area (Å²) in [6.07, 6.45) is 2.28. The van der Waals surface area contributed by atoms with E-state index in [1.54, 1.807) is 30.9 Å². The van der Waals surface area contributed by atoms with Crippen molar-refractivity contribution in [2.75, 3.05) is 32.1 Å². The van der Waals surface area contributed by atoms with Crippen LogP contribution in [0, 0.1) is 6.57 Å². The number of rotatable bonds is 6. The highest BCUT2D eigenvalue weighted by atomic mass is 16.5. The van der Waals surface area contributed by atoms with Gasteiger partial charge < -0.3 is 15.0 Å². The van der Waals surface area contributed by atoms with Crippen molar-refractivity contribution in [3.8, 4) is 28.1 Å². The first-order valence-corrected chi connectivity index (χ1v) is 10.7. The van der Waals surface area contributed by atoms with Crippen LogP contribution in [0.2, 0.25) is 0 Å². The van der Waals surface area contributed by atoms with E-state index in [1.165, 1.54) is 6.42 Å². The Morgan fingerprint density at radius 1 is 1.19 bits per heavy atom. The number of hydrogen-bond acceptors (Lipinski definition) is 5. The third-order valence-corrected chi connectivity index (χ3v) is 5.91. The molecular formula is C25H27N5O2. The second-order valence-corrected chi connectivity index (χ2v) is 8.06. The molecular weight excluding hydrogens is 402 g/mol. The third-order valence-electron chi connectivity index (χ3n) is 5.91. The molecule has 1 fully saturated rings. The van der Waals surface area contributed by atoms with Gasteiger partial charge in [-0.05, 0) is 42.6 Å². The van der Waals surface area contributed by atoms with Crippen LogP contribution in [0.5, 0.6) is 5.75 Å². The summed E-state index contributed by atoms with van der Waals surface area (Å²) in [4.78, 5) is 24.1. The molecule has 2 aromatic carbocycles. The topological polar surface area (TPSA) is 63.8 Å². The maximum Gasteiger partial charge on any atom is 0.263 e. The molecule has 1 unspecified atom stereocenters. The highest BCUT2D eigenvalue weighted by Crippen LogP contribution is 2.31. The molecule has 32 heavy (non-hydrogen) atoms. The van der Waals surface area contributed by atoms with Gasteiger partial charge in [0.05, 0.1) is 24.9 Å². The number of hydrogen-bond donors (Lipinski definition) is 1. The van der Waals surface area contributed by atoms with Gasteiger partial charge in [0.15, 0.2) is 5.69 Å². The molecule has 1 aromatic heterocycles. The van der Waals surface area contributed by atoms with E-state index in [4.69, 9.17) is 16.3 Å². The van der Waals surface area contributed by atoms with E-state index in [0.717, 1.165) is 36.4 Å². The first kappa shape index (κ1) is 21.6. The Hall–Kier alpha value is -3.63. The second kappa shape index (κ2) is 9.25. The molecule has 4 rings (SSSR count). The molecule has 0 aliphatic carbocycles. The summed E-state index contributed by atoms with van der Waals surface area (Å²) >= 11 is 0. The average Bonchev–Trinajstić information content (AvgIpc) is 3.34. The largest absolute Gasteiger partial charge is 0.497 e. The number of aromatic nitrogens is 2. The fourth-order valence-corrected chi connectivity index (χ4v) is 4.18. The van der Waals surface area contributed by atoms with E-state index in [0.29, 0.717) is 28.9 Å². The van der Waals surface area contributed by atoms with Crippen LogP contribution < -0.4 is 20.5 Å². The summed E-state index contributed by atoms with van der Waals surface area (Å²) in [5.41, 5.74) is 3.14. The van der Waals surface area contributed by atoms with Crippen LogP contribution in [0.4, 0.5) is 11.6 Å². The van der Waals surface area contributed by atoms with Crippen molar-refractivity contribution in [3.05, 3.63) is 70.3 Å². The van der Waals surface area contributed by atoms with Crippen molar-refractivity contribution in [1.29, 1.82) is 0 Å². The Morgan fingerprint density at radius 3 is 2.47 bits per heavy atom. The van der Waals surface area contributed by atoms with Crippen molar-refractivity contribution >= 4 is 11.6 Å². The molecule has 3 aromatic rings. The van der Waals surface area contributed by atoms with E-state index in [-0.39, 0.29) is 5.56 Å². The summed E-state index contributed by atoms with van der Waals surface area (Å²) in [6, 6.07) is 15.0. The Bertz CT molecular complexity index is 1190. The maximum atomic E-state index is 13.6. The Morgan fingerprint density at radius 2 is 1.88 bits per heavy atom. The van der Waals surface area contributed by atoms with Gasteiger partial charge in [-0.15, -0.1) is 0 Å². The van der Waals surface area contributed by atoms with Gasteiger partial charge in [0.2, 0.25) is 5.95 Å². The molecule has 1 saturated heterocycles. The highest BCUT2D eigenvalue weighted by Gasteiger charge is 2.22. The van der Waals surface area contributed by atoms with E-state index in [1.807, 2.05) is 48.3 Å². The average molecular weight is 430 g/mol. The minimum Gasteiger partial charge on any atom is -0.497 e. The molecule has 2 heterocycles. The molecule has 1 aliphatic heterocycles. The van der Waals surface area contributed by atoms with Gasteiger partial charge in [-0.1, -0.05) is 36.4 Å². The molecule has 1 aliphatic rings.